The minimum atomic E-state index is -1.48. The number of aliphatic hydroxyl groups is 1. The number of anilines is 1. The molecule has 4 aromatic rings. The molecule has 1 unspecified atom stereocenters. The molecule has 3 aliphatic rings. The summed E-state index contributed by atoms with van der Waals surface area (Å²) in [4.78, 5) is 19.4. The largest absolute Gasteiger partial charge is 0.467 e. The first-order valence-corrected chi connectivity index (χ1v) is 13.7. The monoisotopic (exact) mass is 542 g/mol. The third-order valence-electron chi connectivity index (χ3n) is 7.94. The average molecular weight is 543 g/mol. The number of nitrogens with zero attached hydrogens (tertiary/aromatic N) is 6. The number of benzene rings is 1. The summed E-state index contributed by atoms with van der Waals surface area (Å²) in [6.07, 6.45) is 7.17. The van der Waals surface area contributed by atoms with E-state index >= 15 is 0 Å². The topological polar surface area (TPSA) is 107 Å². The van der Waals surface area contributed by atoms with Gasteiger partial charge in [-0.3, -0.25) is 4.68 Å². The molecule has 1 aromatic carbocycles. The molecule has 1 fully saturated rings. The number of carbonyl (C=O) groups is 1. The Morgan fingerprint density at radius 1 is 1.07 bits per heavy atom. The van der Waals surface area contributed by atoms with Crippen LogP contribution in [0.25, 0.3) is 28.2 Å². The minimum Gasteiger partial charge on any atom is -0.467 e. The molecule has 0 spiro atoms. The van der Waals surface area contributed by atoms with Crippen molar-refractivity contribution in [2.75, 3.05) is 31.7 Å². The predicted molar refractivity (Wildman–Crippen MR) is 151 cm³/mol. The van der Waals surface area contributed by atoms with E-state index in [1.165, 1.54) is 7.11 Å². The third kappa shape index (κ3) is 4.89. The van der Waals surface area contributed by atoms with Crippen molar-refractivity contribution in [1.82, 2.24) is 24.4 Å². The van der Waals surface area contributed by atoms with Gasteiger partial charge in [0.15, 0.2) is 11.8 Å². The van der Waals surface area contributed by atoms with Gasteiger partial charge in [-0.1, -0.05) is 30.4 Å². The minimum absolute atomic E-state index is 0.281. The molecule has 7 rings (SSSR count). The van der Waals surface area contributed by atoms with Crippen molar-refractivity contribution in [1.29, 1.82) is 0 Å². The zero-order valence-electron chi connectivity index (χ0n) is 23.1. The highest BCUT2D eigenvalue weighted by atomic mass is 16.5. The van der Waals surface area contributed by atoms with E-state index < -0.39 is 12.1 Å². The van der Waals surface area contributed by atoms with Crippen molar-refractivity contribution in [3.63, 3.8) is 0 Å². The summed E-state index contributed by atoms with van der Waals surface area (Å²) in [5.41, 5.74) is 4.86. The van der Waals surface area contributed by atoms with E-state index in [0.29, 0.717) is 42.4 Å². The van der Waals surface area contributed by atoms with Crippen LogP contribution in [0.4, 0.5) is 5.82 Å². The highest BCUT2D eigenvalue weighted by molar-refractivity contribution is 5.80. The van der Waals surface area contributed by atoms with Crippen LogP contribution >= 0.6 is 0 Å². The Bertz CT molecular complexity index is 1580. The molecule has 3 aliphatic heterocycles. The van der Waals surface area contributed by atoms with Crippen LogP contribution in [0.1, 0.15) is 43.5 Å². The van der Waals surface area contributed by atoms with E-state index in [0.717, 1.165) is 48.3 Å². The number of allylic oxidation sites excluding steroid dienone is 1. The summed E-state index contributed by atoms with van der Waals surface area (Å²) in [7, 11) is 1.27. The lowest BCUT2D eigenvalue weighted by atomic mass is 9.92. The number of aryl methyl sites for hydroxylation is 2. The van der Waals surface area contributed by atoms with Gasteiger partial charge in [-0.25, -0.2) is 9.78 Å². The summed E-state index contributed by atoms with van der Waals surface area (Å²) in [6.45, 7) is 6.63. The second-order valence-corrected chi connectivity index (χ2v) is 10.7. The second kappa shape index (κ2) is 10.5. The summed E-state index contributed by atoms with van der Waals surface area (Å²) < 4.78 is 14.9. The molecule has 1 atom stereocenters. The van der Waals surface area contributed by atoms with Gasteiger partial charge >= 0.3 is 5.97 Å². The van der Waals surface area contributed by atoms with E-state index in [4.69, 9.17) is 24.7 Å². The molecule has 10 nitrogen and oxygen atoms in total. The van der Waals surface area contributed by atoms with Gasteiger partial charge in [0.05, 0.1) is 36.3 Å². The van der Waals surface area contributed by atoms with Gasteiger partial charge in [-0.05, 0) is 45.2 Å². The molecule has 0 amide bonds. The van der Waals surface area contributed by atoms with Gasteiger partial charge in [-0.15, -0.1) is 0 Å². The lowest BCUT2D eigenvalue weighted by Crippen LogP contribution is -2.45. The number of rotatable bonds is 2. The second-order valence-electron chi connectivity index (χ2n) is 10.7. The van der Waals surface area contributed by atoms with Crippen LogP contribution in [0.5, 0.6) is 0 Å². The lowest BCUT2D eigenvalue weighted by molar-refractivity contribution is -0.150. The Labute approximate surface area is 232 Å². The fraction of sp³-hybridized carbons (Fsp3) is 0.400. The summed E-state index contributed by atoms with van der Waals surface area (Å²) >= 11 is 0. The quantitative estimate of drug-likeness (QED) is 0.298. The highest BCUT2D eigenvalue weighted by Gasteiger charge is 2.35. The van der Waals surface area contributed by atoms with Crippen LogP contribution in [0.15, 0.2) is 54.7 Å². The van der Waals surface area contributed by atoms with Crippen LogP contribution in [0.3, 0.4) is 0 Å². The molecular formula is C30H34N6O4. The molecule has 0 aliphatic carbocycles. The molecule has 0 radical (unpaired) electrons. The van der Waals surface area contributed by atoms with Crippen LogP contribution in [0.2, 0.25) is 0 Å². The standard InChI is InChI=1S/C30H34N6O4/c1-20-26(27(37)29(38)39-3)28-34-15-11-30(2,12-16-34)40-17-6-4-5-13-35-14-10-23(32-35)21-8-7-9-22(18-21)24-19-25(31-20)36(28)33-24/h4,6-10,14,18-19,27,37H,5,11-13,15-17H2,1-3H3. The van der Waals surface area contributed by atoms with Crippen LogP contribution < -0.4 is 4.90 Å². The van der Waals surface area contributed by atoms with Crippen LogP contribution in [-0.2, 0) is 20.8 Å². The summed E-state index contributed by atoms with van der Waals surface area (Å²) in [5.74, 6) is -0.0821. The number of aliphatic hydroxyl groups excluding tert-OH is 1. The maximum atomic E-state index is 12.5. The molecular weight excluding hydrogens is 508 g/mol. The smallest absolute Gasteiger partial charge is 0.339 e. The van der Waals surface area contributed by atoms with E-state index in [-0.39, 0.29) is 5.60 Å². The Balaban J connectivity index is 1.51. The van der Waals surface area contributed by atoms with Gasteiger partial charge in [0, 0.05) is 48.7 Å². The fourth-order valence-electron chi connectivity index (χ4n) is 5.57. The maximum absolute atomic E-state index is 12.5. The number of hydrogen-bond donors (Lipinski definition) is 1. The van der Waals surface area contributed by atoms with Crippen LogP contribution in [-0.4, -0.2) is 67.9 Å². The average Bonchev–Trinajstić information content (AvgIpc) is 3.61. The molecule has 1 saturated heterocycles. The van der Waals surface area contributed by atoms with Crippen LogP contribution in [0, 0.1) is 6.92 Å². The Kier molecular flexibility index (Phi) is 6.89. The number of methoxy groups -OCH3 is 1. The Hall–Kier alpha value is -4.02. The Morgan fingerprint density at radius 3 is 2.62 bits per heavy atom. The van der Waals surface area contributed by atoms with Crippen molar-refractivity contribution < 1.29 is 19.4 Å². The molecule has 6 heterocycles. The maximum Gasteiger partial charge on any atom is 0.339 e. The SMILES string of the molecule is COC(=O)C(O)c1c(C)nc2cc3nn2c1N1CCC(C)(CC1)OCC=CCCn1ccc(n1)-c1cccc-3c1. The van der Waals surface area contributed by atoms with Gasteiger partial charge < -0.3 is 19.5 Å². The number of hydrogen-bond acceptors (Lipinski definition) is 8. The van der Waals surface area contributed by atoms with Crippen molar-refractivity contribution >= 4 is 17.4 Å². The highest BCUT2D eigenvalue weighted by Crippen LogP contribution is 2.36. The van der Waals surface area contributed by atoms with Gasteiger partial charge in [0.25, 0.3) is 0 Å². The van der Waals surface area contributed by atoms with Crippen molar-refractivity contribution in [2.45, 2.75) is 51.4 Å². The normalized spacial score (nSPS) is 17.8. The van der Waals surface area contributed by atoms with E-state index in [2.05, 4.69) is 30.0 Å². The fourth-order valence-corrected chi connectivity index (χ4v) is 5.57. The van der Waals surface area contributed by atoms with Crippen molar-refractivity contribution in [2.24, 2.45) is 0 Å². The number of piperidine rings is 1. The summed E-state index contributed by atoms with van der Waals surface area (Å²) in [6, 6.07) is 12.1. The van der Waals surface area contributed by atoms with E-state index in [9.17, 15) is 9.90 Å². The van der Waals surface area contributed by atoms with Gasteiger partial charge in [-0.2, -0.15) is 14.7 Å². The first kappa shape index (κ1) is 26.2. The summed E-state index contributed by atoms with van der Waals surface area (Å²) in [5, 5.41) is 20.8. The first-order valence-electron chi connectivity index (χ1n) is 13.7. The number of ether oxygens (including phenoxy) is 2. The molecule has 3 aromatic heterocycles. The zero-order chi connectivity index (χ0) is 27.9. The van der Waals surface area contributed by atoms with Gasteiger partial charge in [0.1, 0.15) is 5.82 Å². The number of fused-ring (bicyclic) bond motifs is 6. The lowest BCUT2D eigenvalue weighted by Gasteiger charge is -2.40. The molecule has 208 valence electrons. The zero-order valence-corrected chi connectivity index (χ0v) is 23.1. The first-order chi connectivity index (χ1) is 19.3. The van der Waals surface area contributed by atoms with E-state index in [1.54, 1.807) is 11.4 Å². The van der Waals surface area contributed by atoms with E-state index in [1.807, 2.05) is 41.2 Å². The Morgan fingerprint density at radius 2 is 1.85 bits per heavy atom. The molecule has 10 heteroatoms. The predicted octanol–water partition coefficient (Wildman–Crippen LogP) is 4.11. The molecule has 1 N–H and O–H groups in total. The molecule has 40 heavy (non-hydrogen) atoms. The van der Waals surface area contributed by atoms with Gasteiger partial charge in [0.2, 0.25) is 0 Å². The number of aromatic nitrogens is 5. The number of esters is 1. The third-order valence-corrected chi connectivity index (χ3v) is 7.94. The van der Waals surface area contributed by atoms with Crippen molar-refractivity contribution in [3.8, 4) is 22.5 Å². The number of carbonyl (C=O) groups excluding carboxylic acids is 1. The molecule has 0 saturated carbocycles. The molecule has 8 bridgehead atoms. The van der Waals surface area contributed by atoms with Crippen molar-refractivity contribution in [3.05, 3.63) is 66.0 Å².